The smallest absolute Gasteiger partial charge is 0.339 e. The molecule has 9 heteroatoms. The van der Waals surface area contributed by atoms with Crippen molar-refractivity contribution in [2.24, 2.45) is 5.14 Å². The fourth-order valence-electron chi connectivity index (χ4n) is 3.35. The third-order valence-electron chi connectivity index (χ3n) is 5.08. The molecule has 172 valence electrons. The Morgan fingerprint density at radius 2 is 1.65 bits per heavy atom. The molecule has 34 heavy (non-hydrogen) atoms. The van der Waals surface area contributed by atoms with E-state index in [1.54, 1.807) is 18.2 Å². The lowest BCUT2D eigenvalue weighted by atomic mass is 10.0. The monoisotopic (exact) mass is 475 g/mol. The van der Waals surface area contributed by atoms with Gasteiger partial charge in [-0.15, -0.1) is 0 Å². The molecular weight excluding hydrogens is 454 g/mol. The zero-order valence-electron chi connectivity index (χ0n) is 18.2. The summed E-state index contributed by atoms with van der Waals surface area (Å²) in [5.41, 5.74) is 3.84. The van der Waals surface area contributed by atoms with Gasteiger partial charge in [-0.25, -0.2) is 23.3 Å². The molecule has 3 aromatic carbocycles. The van der Waals surface area contributed by atoms with Crippen molar-refractivity contribution in [3.05, 3.63) is 90.0 Å². The van der Waals surface area contributed by atoms with Crippen molar-refractivity contribution in [2.45, 2.75) is 11.8 Å². The van der Waals surface area contributed by atoms with Gasteiger partial charge in [0.15, 0.2) is 6.61 Å². The van der Waals surface area contributed by atoms with Crippen LogP contribution in [0.15, 0.2) is 83.8 Å². The number of hydrogen-bond donors (Lipinski definition) is 2. The zero-order valence-corrected chi connectivity index (χ0v) is 19.0. The summed E-state index contributed by atoms with van der Waals surface area (Å²) in [5.74, 6) is -1.24. The Bertz CT molecular complexity index is 1480. The number of rotatable bonds is 6. The minimum atomic E-state index is -3.83. The highest BCUT2D eigenvalue weighted by Crippen LogP contribution is 2.26. The number of sulfonamides is 1. The summed E-state index contributed by atoms with van der Waals surface area (Å²) in [6.07, 6.45) is 0. The lowest BCUT2D eigenvalue weighted by molar-refractivity contribution is -0.119. The summed E-state index contributed by atoms with van der Waals surface area (Å²) in [4.78, 5) is 29.7. The summed E-state index contributed by atoms with van der Waals surface area (Å²) < 4.78 is 27.9. The normalized spacial score (nSPS) is 11.2. The number of hydrogen-bond acceptors (Lipinski definition) is 6. The molecule has 0 unspecified atom stereocenters. The number of fused-ring (bicyclic) bond motifs is 1. The molecule has 0 aliphatic heterocycles. The second-order valence-corrected chi connectivity index (χ2v) is 9.19. The molecule has 0 saturated carbocycles. The van der Waals surface area contributed by atoms with E-state index in [9.17, 15) is 18.0 Å². The number of carbonyl (C=O) groups is 2. The Kier molecular flexibility index (Phi) is 6.40. The second-order valence-electron chi connectivity index (χ2n) is 7.63. The number of primary sulfonamides is 1. The number of nitrogens with two attached hydrogens (primary N) is 1. The highest BCUT2D eigenvalue weighted by molar-refractivity contribution is 7.89. The lowest BCUT2D eigenvalue weighted by Crippen LogP contribution is -2.21. The quantitative estimate of drug-likeness (QED) is 0.410. The number of nitrogens with zero attached hydrogens (tertiary/aromatic N) is 1. The molecule has 0 aliphatic carbocycles. The van der Waals surface area contributed by atoms with Crippen molar-refractivity contribution in [3.63, 3.8) is 0 Å². The van der Waals surface area contributed by atoms with Crippen LogP contribution in [0.25, 0.3) is 22.2 Å². The van der Waals surface area contributed by atoms with Gasteiger partial charge in [-0.3, -0.25) is 4.79 Å². The lowest BCUT2D eigenvalue weighted by Gasteiger charge is -2.11. The molecule has 1 aromatic heterocycles. The molecule has 0 bridgehead atoms. The van der Waals surface area contributed by atoms with E-state index in [1.807, 2.05) is 43.3 Å². The number of anilines is 1. The molecular formula is C25H21N3O5S. The molecule has 1 amide bonds. The third-order valence-corrected chi connectivity index (χ3v) is 6.01. The van der Waals surface area contributed by atoms with Gasteiger partial charge in [0.1, 0.15) is 0 Å². The largest absolute Gasteiger partial charge is 0.452 e. The minimum Gasteiger partial charge on any atom is -0.452 e. The number of ether oxygens (including phenoxy) is 1. The van der Waals surface area contributed by atoms with Crippen LogP contribution in [-0.2, 0) is 19.6 Å². The summed E-state index contributed by atoms with van der Waals surface area (Å²) in [7, 11) is -3.83. The maximum absolute atomic E-state index is 12.9. The molecule has 0 saturated heterocycles. The van der Waals surface area contributed by atoms with Crippen LogP contribution in [0.3, 0.4) is 0 Å². The van der Waals surface area contributed by atoms with Crippen molar-refractivity contribution >= 4 is 38.5 Å². The van der Waals surface area contributed by atoms with E-state index in [4.69, 9.17) is 9.88 Å². The third kappa shape index (κ3) is 5.28. The Hall–Kier alpha value is -4.08. The van der Waals surface area contributed by atoms with Gasteiger partial charge in [0.05, 0.1) is 21.7 Å². The Labute approximate surface area is 196 Å². The van der Waals surface area contributed by atoms with Crippen LogP contribution < -0.4 is 10.5 Å². The van der Waals surface area contributed by atoms with Crippen molar-refractivity contribution in [1.82, 2.24) is 4.98 Å². The average Bonchev–Trinajstić information content (AvgIpc) is 2.82. The summed E-state index contributed by atoms with van der Waals surface area (Å²) in [6, 6.07) is 22.0. The predicted octanol–water partition coefficient (Wildman–Crippen LogP) is 3.65. The number of carbonyl (C=O) groups excluding carboxylic acids is 2. The fourth-order valence-corrected chi connectivity index (χ4v) is 3.87. The number of para-hydroxylation sites is 1. The molecule has 4 rings (SSSR count). The molecule has 0 spiro atoms. The summed E-state index contributed by atoms with van der Waals surface area (Å²) in [5, 5.41) is 8.22. The van der Waals surface area contributed by atoms with Gasteiger partial charge in [0.2, 0.25) is 10.0 Å². The van der Waals surface area contributed by atoms with Gasteiger partial charge in [-0.1, -0.05) is 48.0 Å². The molecule has 0 atom stereocenters. The minimum absolute atomic E-state index is 0.0779. The highest BCUT2D eigenvalue weighted by atomic mass is 32.2. The molecule has 4 aromatic rings. The van der Waals surface area contributed by atoms with E-state index in [2.05, 4.69) is 10.3 Å². The van der Waals surface area contributed by atoms with Crippen molar-refractivity contribution in [1.29, 1.82) is 0 Å². The second kappa shape index (κ2) is 9.42. The molecule has 3 N–H and O–H groups in total. The Morgan fingerprint density at radius 1 is 0.971 bits per heavy atom. The van der Waals surface area contributed by atoms with Crippen LogP contribution >= 0.6 is 0 Å². The Balaban J connectivity index is 1.51. The number of esters is 1. The first kappa shape index (κ1) is 23.1. The van der Waals surface area contributed by atoms with Crippen LogP contribution in [0.2, 0.25) is 0 Å². The van der Waals surface area contributed by atoms with E-state index in [1.165, 1.54) is 24.3 Å². The first-order valence-electron chi connectivity index (χ1n) is 10.3. The highest BCUT2D eigenvalue weighted by Gasteiger charge is 2.17. The fraction of sp³-hybridized carbons (Fsp3) is 0.0800. The molecule has 0 radical (unpaired) electrons. The van der Waals surface area contributed by atoms with Crippen LogP contribution in [0.4, 0.5) is 5.69 Å². The molecule has 1 heterocycles. The maximum atomic E-state index is 12.9. The first-order chi connectivity index (χ1) is 16.2. The number of pyridine rings is 1. The van der Waals surface area contributed by atoms with Gasteiger partial charge < -0.3 is 10.1 Å². The maximum Gasteiger partial charge on any atom is 0.339 e. The SMILES string of the molecule is Cc1ccc(-c2cc(C(=O)OCC(=O)Nc3ccc(S(N)(=O)=O)cc3)c3ccccc3n2)cc1. The van der Waals surface area contributed by atoms with E-state index in [0.717, 1.165) is 11.1 Å². The molecule has 0 fully saturated rings. The Morgan fingerprint density at radius 3 is 2.32 bits per heavy atom. The van der Waals surface area contributed by atoms with Gasteiger partial charge in [0.25, 0.3) is 5.91 Å². The van der Waals surface area contributed by atoms with Crippen LogP contribution in [-0.4, -0.2) is 31.9 Å². The number of nitrogens with one attached hydrogen (secondary N) is 1. The molecule has 0 aliphatic rings. The number of benzene rings is 3. The van der Waals surface area contributed by atoms with Crippen LogP contribution in [0.1, 0.15) is 15.9 Å². The topological polar surface area (TPSA) is 128 Å². The molecule has 8 nitrogen and oxygen atoms in total. The van der Waals surface area contributed by atoms with Crippen LogP contribution in [0, 0.1) is 6.92 Å². The average molecular weight is 476 g/mol. The van der Waals surface area contributed by atoms with Crippen molar-refractivity contribution in [2.75, 3.05) is 11.9 Å². The number of amides is 1. The predicted molar refractivity (Wildman–Crippen MR) is 129 cm³/mol. The summed E-state index contributed by atoms with van der Waals surface area (Å²) in [6.45, 7) is 1.46. The summed E-state index contributed by atoms with van der Waals surface area (Å²) >= 11 is 0. The number of aromatic nitrogens is 1. The number of aryl methyl sites for hydroxylation is 1. The van der Waals surface area contributed by atoms with Gasteiger partial charge in [0, 0.05) is 16.6 Å². The first-order valence-corrected chi connectivity index (χ1v) is 11.8. The zero-order chi connectivity index (χ0) is 24.3. The van der Waals surface area contributed by atoms with E-state index < -0.39 is 28.5 Å². The standard InChI is InChI=1S/C25H21N3O5S/c1-16-6-8-17(9-7-16)23-14-21(20-4-2-3-5-22(20)28-23)25(30)33-15-24(29)27-18-10-12-19(13-11-18)34(26,31)32/h2-14H,15H2,1H3,(H,27,29)(H2,26,31,32). The van der Waals surface area contributed by atoms with E-state index >= 15 is 0 Å². The van der Waals surface area contributed by atoms with Gasteiger partial charge in [-0.05, 0) is 43.3 Å². The van der Waals surface area contributed by atoms with Crippen molar-refractivity contribution in [3.8, 4) is 11.3 Å². The van der Waals surface area contributed by atoms with E-state index in [-0.39, 0.29) is 4.90 Å². The van der Waals surface area contributed by atoms with E-state index in [0.29, 0.717) is 27.8 Å². The van der Waals surface area contributed by atoms with Crippen LogP contribution in [0.5, 0.6) is 0 Å². The van der Waals surface area contributed by atoms with Gasteiger partial charge in [-0.2, -0.15) is 0 Å². The van der Waals surface area contributed by atoms with Gasteiger partial charge >= 0.3 is 5.97 Å². The van der Waals surface area contributed by atoms with Crippen molar-refractivity contribution < 1.29 is 22.7 Å².